The number of ketones is 2. The van der Waals surface area contributed by atoms with Crippen molar-refractivity contribution in [1.29, 1.82) is 0 Å². The molecule has 1 aliphatic carbocycles. The first-order chi connectivity index (χ1) is 10.1. The van der Waals surface area contributed by atoms with Crippen molar-refractivity contribution in [2.75, 3.05) is 0 Å². The van der Waals surface area contributed by atoms with E-state index in [-0.39, 0.29) is 28.4 Å². The van der Waals surface area contributed by atoms with Crippen LogP contribution < -0.4 is 0 Å². The van der Waals surface area contributed by atoms with E-state index in [1.807, 2.05) is 6.92 Å². The Kier molecular flexibility index (Phi) is 3.41. The van der Waals surface area contributed by atoms with Crippen molar-refractivity contribution in [1.82, 2.24) is 0 Å². The van der Waals surface area contributed by atoms with E-state index in [0.717, 1.165) is 6.42 Å². The molecule has 2 aromatic rings. The van der Waals surface area contributed by atoms with Gasteiger partial charge in [-0.2, -0.15) is 0 Å². The Morgan fingerprint density at radius 1 is 1.05 bits per heavy atom. The van der Waals surface area contributed by atoms with E-state index >= 15 is 0 Å². The lowest BCUT2D eigenvalue weighted by Crippen LogP contribution is -2.22. The van der Waals surface area contributed by atoms with Gasteiger partial charge < -0.3 is 5.11 Å². The summed E-state index contributed by atoms with van der Waals surface area (Å²) in [6.07, 6.45) is 1.50. The Bertz CT molecular complexity index is 778. The van der Waals surface area contributed by atoms with Crippen LogP contribution in [0, 0.1) is 0 Å². The highest BCUT2D eigenvalue weighted by molar-refractivity contribution is 9.10. The summed E-state index contributed by atoms with van der Waals surface area (Å²) in [5.74, 6) is -0.593. The summed E-state index contributed by atoms with van der Waals surface area (Å²) in [7, 11) is 0. The van der Waals surface area contributed by atoms with Crippen molar-refractivity contribution < 1.29 is 14.7 Å². The molecule has 3 nitrogen and oxygen atoms in total. The molecule has 0 saturated heterocycles. The zero-order chi connectivity index (χ0) is 15.1. The third-order valence-corrected chi connectivity index (χ3v) is 4.35. The zero-order valence-corrected chi connectivity index (χ0v) is 13.0. The molecule has 0 heterocycles. The summed E-state index contributed by atoms with van der Waals surface area (Å²) in [6.45, 7) is 2.00. The maximum Gasteiger partial charge on any atom is 0.198 e. The number of aromatic hydroxyl groups is 1. The summed E-state index contributed by atoms with van der Waals surface area (Å²) in [5, 5.41) is 10.4. The average molecular weight is 345 g/mol. The van der Waals surface area contributed by atoms with Gasteiger partial charge in [0.2, 0.25) is 0 Å². The fraction of sp³-hybridized carbons (Fsp3) is 0.176. The summed E-state index contributed by atoms with van der Waals surface area (Å²) in [5.41, 5.74) is 1.81. The number of rotatable bonds is 2. The van der Waals surface area contributed by atoms with Crippen LogP contribution in [0.2, 0.25) is 0 Å². The van der Waals surface area contributed by atoms with Gasteiger partial charge in [-0.3, -0.25) is 9.59 Å². The highest BCUT2D eigenvalue weighted by atomic mass is 79.9. The van der Waals surface area contributed by atoms with Crippen molar-refractivity contribution in [3.63, 3.8) is 0 Å². The number of phenolic OH excluding ortho intramolecular Hbond substituents is 1. The Morgan fingerprint density at radius 2 is 1.62 bits per heavy atom. The number of halogens is 1. The fourth-order valence-electron chi connectivity index (χ4n) is 2.74. The molecular weight excluding hydrogens is 332 g/mol. The number of phenols is 1. The molecule has 0 spiro atoms. The van der Waals surface area contributed by atoms with Crippen molar-refractivity contribution in [3.8, 4) is 5.75 Å². The quantitative estimate of drug-likeness (QED) is 0.767. The van der Waals surface area contributed by atoms with Gasteiger partial charge in [-0.25, -0.2) is 0 Å². The molecule has 0 radical (unpaired) electrons. The third-order valence-electron chi connectivity index (χ3n) is 3.72. The van der Waals surface area contributed by atoms with Crippen LogP contribution in [-0.2, 0) is 6.42 Å². The molecule has 0 unspecified atom stereocenters. The number of aryl methyl sites for hydroxylation is 1. The van der Waals surface area contributed by atoms with Gasteiger partial charge in [-0.15, -0.1) is 0 Å². The molecule has 0 bridgehead atoms. The van der Waals surface area contributed by atoms with Crippen LogP contribution in [0.5, 0.6) is 5.75 Å². The standard InChI is InChI=1S/C17H13BrO3/c1-2-5-9-8-12(18)13-14(15(9)19)17(21)11-7-4-3-6-10(11)16(13)20/h3-4,6-8,19H,2,5H2,1H3. The second kappa shape index (κ2) is 5.11. The second-order valence-corrected chi connectivity index (χ2v) is 5.92. The van der Waals surface area contributed by atoms with Gasteiger partial charge in [0.15, 0.2) is 11.6 Å². The van der Waals surface area contributed by atoms with E-state index in [4.69, 9.17) is 0 Å². The van der Waals surface area contributed by atoms with E-state index in [9.17, 15) is 14.7 Å². The Hall–Kier alpha value is -1.94. The van der Waals surface area contributed by atoms with Gasteiger partial charge in [-0.1, -0.05) is 37.6 Å². The second-order valence-electron chi connectivity index (χ2n) is 5.07. The van der Waals surface area contributed by atoms with Gasteiger partial charge in [0.25, 0.3) is 0 Å². The number of hydrogen-bond acceptors (Lipinski definition) is 3. The number of benzene rings is 2. The first kappa shape index (κ1) is 14.0. The SMILES string of the molecule is CCCc1cc(Br)c2c(c1O)C(=O)c1ccccc1C2=O. The highest BCUT2D eigenvalue weighted by Crippen LogP contribution is 2.39. The largest absolute Gasteiger partial charge is 0.507 e. The molecule has 0 amide bonds. The molecule has 106 valence electrons. The fourth-order valence-corrected chi connectivity index (χ4v) is 3.40. The summed E-state index contributed by atoms with van der Waals surface area (Å²) < 4.78 is 0.562. The van der Waals surface area contributed by atoms with Crippen LogP contribution in [0.25, 0.3) is 0 Å². The lowest BCUT2D eigenvalue weighted by atomic mass is 9.82. The van der Waals surface area contributed by atoms with Crippen LogP contribution in [0.1, 0.15) is 50.8 Å². The minimum atomic E-state index is -0.295. The van der Waals surface area contributed by atoms with E-state index in [1.165, 1.54) is 0 Å². The lowest BCUT2D eigenvalue weighted by molar-refractivity contribution is 0.0976. The van der Waals surface area contributed by atoms with Gasteiger partial charge in [-0.05, 0) is 34.0 Å². The van der Waals surface area contributed by atoms with Crippen LogP contribution in [-0.4, -0.2) is 16.7 Å². The molecule has 4 heteroatoms. The normalized spacial score (nSPS) is 13.0. The molecule has 1 aliphatic rings. The monoisotopic (exact) mass is 344 g/mol. The molecule has 3 rings (SSSR count). The average Bonchev–Trinajstić information content (AvgIpc) is 2.48. The van der Waals surface area contributed by atoms with Gasteiger partial charge >= 0.3 is 0 Å². The van der Waals surface area contributed by atoms with Crippen molar-refractivity contribution in [3.05, 3.63) is 62.6 Å². The van der Waals surface area contributed by atoms with Crippen molar-refractivity contribution >= 4 is 27.5 Å². The van der Waals surface area contributed by atoms with Crippen LogP contribution in [0.3, 0.4) is 0 Å². The maximum atomic E-state index is 12.6. The predicted molar refractivity (Wildman–Crippen MR) is 83.1 cm³/mol. The summed E-state index contributed by atoms with van der Waals surface area (Å²) in [4.78, 5) is 25.3. The van der Waals surface area contributed by atoms with E-state index < -0.39 is 0 Å². The first-order valence-electron chi connectivity index (χ1n) is 6.79. The van der Waals surface area contributed by atoms with E-state index in [2.05, 4.69) is 15.9 Å². The van der Waals surface area contributed by atoms with E-state index in [0.29, 0.717) is 27.6 Å². The molecule has 21 heavy (non-hydrogen) atoms. The Labute approximate surface area is 130 Å². The first-order valence-corrected chi connectivity index (χ1v) is 7.58. The lowest BCUT2D eigenvalue weighted by Gasteiger charge is -2.21. The minimum Gasteiger partial charge on any atom is -0.507 e. The molecule has 0 aromatic heterocycles. The number of carbonyl (C=O) groups is 2. The highest BCUT2D eigenvalue weighted by Gasteiger charge is 2.34. The van der Waals surface area contributed by atoms with Gasteiger partial charge in [0.1, 0.15) is 5.75 Å². The summed E-state index contributed by atoms with van der Waals surface area (Å²) in [6, 6.07) is 8.45. The molecule has 2 aromatic carbocycles. The van der Waals surface area contributed by atoms with Crippen molar-refractivity contribution in [2.24, 2.45) is 0 Å². The predicted octanol–water partition coefficient (Wildman–Crippen LogP) is 3.88. The topological polar surface area (TPSA) is 54.4 Å². The van der Waals surface area contributed by atoms with Gasteiger partial charge in [0, 0.05) is 15.6 Å². The van der Waals surface area contributed by atoms with Crippen LogP contribution >= 0.6 is 15.9 Å². The molecule has 0 fully saturated rings. The smallest absolute Gasteiger partial charge is 0.198 e. The summed E-state index contributed by atoms with van der Waals surface area (Å²) >= 11 is 3.37. The molecular formula is C17H13BrO3. The molecule has 0 saturated carbocycles. The number of fused-ring (bicyclic) bond motifs is 2. The number of hydrogen-bond donors (Lipinski definition) is 1. The maximum absolute atomic E-state index is 12.6. The Morgan fingerprint density at radius 3 is 2.19 bits per heavy atom. The van der Waals surface area contributed by atoms with Crippen LogP contribution in [0.15, 0.2) is 34.8 Å². The van der Waals surface area contributed by atoms with E-state index in [1.54, 1.807) is 30.3 Å². The third kappa shape index (κ3) is 2.02. The van der Waals surface area contributed by atoms with Gasteiger partial charge in [0.05, 0.1) is 11.1 Å². The molecule has 0 aliphatic heterocycles. The van der Waals surface area contributed by atoms with Crippen LogP contribution in [0.4, 0.5) is 0 Å². The minimum absolute atomic E-state index is 0.0668. The Balaban J connectivity index is 2.32. The zero-order valence-electron chi connectivity index (χ0n) is 11.4. The molecule has 0 atom stereocenters. The molecule has 1 N–H and O–H groups in total. The number of carbonyl (C=O) groups excluding carboxylic acids is 2. The van der Waals surface area contributed by atoms with Crippen molar-refractivity contribution in [2.45, 2.75) is 19.8 Å².